The van der Waals surface area contributed by atoms with Crippen molar-refractivity contribution in [2.75, 3.05) is 19.7 Å². The molecule has 2 aliphatic carbocycles. The number of nitrogens with zero attached hydrogens (tertiary/aromatic N) is 2. The molecule has 0 bridgehead atoms. The van der Waals surface area contributed by atoms with Crippen LogP contribution >= 0.6 is 23.2 Å². The molecule has 6 nitrogen and oxygen atoms in total. The van der Waals surface area contributed by atoms with Gasteiger partial charge >= 0.3 is 6.09 Å². The molecule has 2 aromatic rings. The summed E-state index contributed by atoms with van der Waals surface area (Å²) in [4.78, 5) is 14.3. The summed E-state index contributed by atoms with van der Waals surface area (Å²) < 4.78 is 17.5. The molecule has 0 unspecified atom stereocenters. The van der Waals surface area contributed by atoms with Gasteiger partial charge in [0.25, 0.3) is 0 Å². The zero-order valence-corrected chi connectivity index (χ0v) is 21.5. The number of aromatic nitrogens is 1. The molecule has 3 aliphatic rings. The third-order valence-corrected chi connectivity index (χ3v) is 7.70. The molecule has 5 rings (SSSR count). The van der Waals surface area contributed by atoms with Crippen molar-refractivity contribution in [2.24, 2.45) is 17.8 Å². The average Bonchev–Trinajstić information content (AvgIpc) is 3.21. The van der Waals surface area contributed by atoms with Crippen molar-refractivity contribution < 1.29 is 18.8 Å². The van der Waals surface area contributed by atoms with Crippen LogP contribution in [0.3, 0.4) is 0 Å². The Labute approximate surface area is 210 Å². The first kappa shape index (κ1) is 24.0. The number of halogens is 2. The lowest BCUT2D eigenvalue weighted by Gasteiger charge is -2.25. The highest BCUT2D eigenvalue weighted by molar-refractivity contribution is 6.39. The largest absolute Gasteiger partial charge is 0.444 e. The second-order valence-corrected chi connectivity index (χ2v) is 11.8. The number of benzene rings is 1. The van der Waals surface area contributed by atoms with Gasteiger partial charge in [-0.05, 0) is 76.3 Å². The second kappa shape index (κ2) is 9.36. The number of hydrogen-bond acceptors (Lipinski definition) is 5. The van der Waals surface area contributed by atoms with Crippen molar-refractivity contribution in [3.8, 4) is 11.3 Å². The number of hydrogen-bond donors (Lipinski definition) is 0. The second-order valence-electron chi connectivity index (χ2n) is 11.0. The van der Waals surface area contributed by atoms with Crippen LogP contribution in [0.5, 0.6) is 0 Å². The molecule has 0 spiro atoms. The lowest BCUT2D eigenvalue weighted by atomic mass is 10.0. The fourth-order valence-electron chi connectivity index (χ4n) is 5.41. The number of fused-ring (bicyclic) bond motifs is 1. The first-order chi connectivity index (χ1) is 16.2. The predicted molar refractivity (Wildman–Crippen MR) is 131 cm³/mol. The van der Waals surface area contributed by atoms with E-state index in [0.29, 0.717) is 58.2 Å². The Bertz CT molecular complexity index is 1030. The SMILES string of the molecule is CC(C)(C)OC(=O)N1C[C@H]2C[C@H](COCc3c(-c4c(Cl)cccc4Cl)noc3C3CC3)C[C@H]2C1. The smallest absolute Gasteiger partial charge is 0.410 e. The van der Waals surface area contributed by atoms with Crippen LogP contribution in [0.15, 0.2) is 22.7 Å². The summed E-state index contributed by atoms with van der Waals surface area (Å²) >= 11 is 12.9. The van der Waals surface area contributed by atoms with Gasteiger partial charge in [-0.3, -0.25) is 0 Å². The van der Waals surface area contributed by atoms with E-state index in [1.54, 1.807) is 0 Å². The van der Waals surface area contributed by atoms with Crippen LogP contribution in [0.2, 0.25) is 10.0 Å². The minimum absolute atomic E-state index is 0.194. The van der Waals surface area contributed by atoms with Crippen LogP contribution < -0.4 is 0 Å². The molecule has 0 radical (unpaired) electrons. The molecule has 1 amide bonds. The van der Waals surface area contributed by atoms with Crippen LogP contribution in [-0.2, 0) is 16.1 Å². The Morgan fingerprint density at radius 3 is 2.38 bits per heavy atom. The minimum atomic E-state index is -0.459. The van der Waals surface area contributed by atoms with Gasteiger partial charge in [-0.2, -0.15) is 0 Å². The van der Waals surface area contributed by atoms with E-state index in [-0.39, 0.29) is 6.09 Å². The van der Waals surface area contributed by atoms with E-state index in [9.17, 15) is 4.79 Å². The van der Waals surface area contributed by atoms with Gasteiger partial charge in [-0.1, -0.05) is 34.4 Å². The zero-order valence-electron chi connectivity index (χ0n) is 20.0. The van der Waals surface area contributed by atoms with E-state index >= 15 is 0 Å². The van der Waals surface area contributed by atoms with Gasteiger partial charge in [0.05, 0.1) is 16.7 Å². The lowest BCUT2D eigenvalue weighted by molar-refractivity contribution is 0.0270. The molecule has 0 N–H and O–H groups in total. The van der Waals surface area contributed by atoms with Gasteiger partial charge in [0.2, 0.25) is 0 Å². The molecule has 1 saturated heterocycles. The molecule has 3 fully saturated rings. The molecular weight excluding hydrogens is 475 g/mol. The van der Waals surface area contributed by atoms with Crippen LogP contribution in [-0.4, -0.2) is 41.4 Å². The quantitative estimate of drug-likeness (QED) is 0.424. The fraction of sp³-hybridized carbons (Fsp3) is 0.615. The van der Waals surface area contributed by atoms with Crippen LogP contribution in [0.1, 0.15) is 63.7 Å². The summed E-state index contributed by atoms with van der Waals surface area (Å²) in [5.74, 6) is 2.85. The molecule has 34 heavy (non-hydrogen) atoms. The van der Waals surface area contributed by atoms with Crippen molar-refractivity contribution in [1.29, 1.82) is 0 Å². The summed E-state index contributed by atoms with van der Waals surface area (Å²) in [7, 11) is 0. The van der Waals surface area contributed by atoms with Gasteiger partial charge in [0.1, 0.15) is 17.1 Å². The topological polar surface area (TPSA) is 64.8 Å². The fourth-order valence-corrected chi connectivity index (χ4v) is 5.99. The van der Waals surface area contributed by atoms with Crippen molar-refractivity contribution in [3.63, 3.8) is 0 Å². The number of ether oxygens (including phenoxy) is 2. The van der Waals surface area contributed by atoms with Gasteiger partial charge in [-0.15, -0.1) is 0 Å². The maximum atomic E-state index is 12.4. The van der Waals surface area contributed by atoms with Crippen molar-refractivity contribution in [1.82, 2.24) is 10.1 Å². The normalized spacial score (nSPS) is 24.5. The first-order valence-electron chi connectivity index (χ1n) is 12.2. The molecule has 184 valence electrons. The average molecular weight is 507 g/mol. The summed E-state index contributed by atoms with van der Waals surface area (Å²) in [6.07, 6.45) is 4.18. The zero-order chi connectivity index (χ0) is 24.0. The van der Waals surface area contributed by atoms with Gasteiger partial charge in [0.15, 0.2) is 0 Å². The van der Waals surface area contributed by atoms with E-state index in [0.717, 1.165) is 50.1 Å². The Balaban J connectivity index is 1.19. The Morgan fingerprint density at radius 1 is 1.15 bits per heavy atom. The van der Waals surface area contributed by atoms with Gasteiger partial charge in [-0.25, -0.2) is 4.79 Å². The summed E-state index contributed by atoms with van der Waals surface area (Å²) in [6, 6.07) is 5.46. The van der Waals surface area contributed by atoms with E-state index < -0.39 is 5.60 Å². The molecule has 2 saturated carbocycles. The maximum absolute atomic E-state index is 12.4. The summed E-state index contributed by atoms with van der Waals surface area (Å²) in [6.45, 7) is 8.40. The number of likely N-dealkylation sites (tertiary alicyclic amines) is 1. The highest BCUT2D eigenvalue weighted by atomic mass is 35.5. The third-order valence-electron chi connectivity index (χ3n) is 7.07. The standard InChI is InChI=1S/C26H32Cl2N2O4/c1-26(2,3)33-25(31)30-11-17-9-15(10-18(17)12-30)13-32-14-19-23(29-34-24(19)16-7-8-16)22-20(27)5-4-6-21(22)28/h4-6,15-18H,7-14H2,1-3H3/t15-,17+,18-. The minimum Gasteiger partial charge on any atom is -0.444 e. The van der Waals surface area contributed by atoms with Crippen molar-refractivity contribution in [3.05, 3.63) is 39.6 Å². The molecule has 1 aromatic carbocycles. The molecule has 8 heteroatoms. The molecule has 3 atom stereocenters. The summed E-state index contributed by atoms with van der Waals surface area (Å²) in [5.41, 5.74) is 1.90. The Hall–Kier alpha value is -1.76. The molecule has 1 aromatic heterocycles. The molecule has 2 heterocycles. The third kappa shape index (κ3) is 5.09. The summed E-state index contributed by atoms with van der Waals surface area (Å²) in [5, 5.41) is 5.46. The maximum Gasteiger partial charge on any atom is 0.410 e. The monoisotopic (exact) mass is 506 g/mol. The number of carbonyl (C=O) groups excluding carboxylic acids is 1. The van der Waals surface area contributed by atoms with Crippen LogP contribution in [0.4, 0.5) is 4.79 Å². The lowest BCUT2D eigenvalue weighted by Crippen LogP contribution is -2.36. The van der Waals surface area contributed by atoms with Crippen LogP contribution in [0, 0.1) is 17.8 Å². The highest BCUT2D eigenvalue weighted by Gasteiger charge is 2.43. The number of amides is 1. The Morgan fingerprint density at radius 2 is 1.79 bits per heavy atom. The van der Waals surface area contributed by atoms with Gasteiger partial charge < -0.3 is 18.9 Å². The number of carbonyl (C=O) groups is 1. The highest BCUT2D eigenvalue weighted by Crippen LogP contribution is 2.46. The van der Waals surface area contributed by atoms with E-state index in [2.05, 4.69) is 5.16 Å². The van der Waals surface area contributed by atoms with Crippen LogP contribution in [0.25, 0.3) is 11.3 Å². The molecular formula is C26H32Cl2N2O4. The van der Waals surface area contributed by atoms with Gasteiger partial charge in [0, 0.05) is 36.7 Å². The van der Waals surface area contributed by atoms with Crippen molar-refractivity contribution >= 4 is 29.3 Å². The first-order valence-corrected chi connectivity index (χ1v) is 12.9. The van der Waals surface area contributed by atoms with E-state index in [4.69, 9.17) is 37.2 Å². The number of rotatable bonds is 6. The van der Waals surface area contributed by atoms with E-state index in [1.165, 1.54) is 0 Å². The Kier molecular flexibility index (Phi) is 6.60. The van der Waals surface area contributed by atoms with E-state index in [1.807, 2.05) is 43.9 Å². The molecule has 1 aliphatic heterocycles. The predicted octanol–water partition coefficient (Wildman–Crippen LogP) is 6.94. The van der Waals surface area contributed by atoms with Crippen molar-refractivity contribution in [2.45, 2.75) is 64.6 Å².